The molecule has 20 heavy (non-hydrogen) atoms. The summed E-state index contributed by atoms with van der Waals surface area (Å²) >= 11 is 6.11. The fourth-order valence-corrected chi connectivity index (χ4v) is 2.51. The van der Waals surface area contributed by atoms with Crippen molar-refractivity contribution in [1.29, 1.82) is 0 Å². The summed E-state index contributed by atoms with van der Waals surface area (Å²) in [5, 5.41) is 4.78. The molecule has 1 aliphatic carbocycles. The van der Waals surface area contributed by atoms with Crippen molar-refractivity contribution < 1.29 is 4.52 Å². The quantitative estimate of drug-likeness (QED) is 0.940. The van der Waals surface area contributed by atoms with Crippen LogP contribution < -0.4 is 5.73 Å². The Morgan fingerprint density at radius 2 is 2.00 bits per heavy atom. The lowest BCUT2D eigenvalue weighted by atomic mass is 9.77. The third-order valence-corrected chi connectivity index (χ3v) is 4.09. The number of nitrogens with zero attached hydrogens (tertiary/aromatic N) is 2. The van der Waals surface area contributed by atoms with Gasteiger partial charge in [-0.3, -0.25) is 0 Å². The molecule has 2 N–H and O–H groups in total. The second kappa shape index (κ2) is 6.12. The smallest absolute Gasteiger partial charge is 0.227 e. The first-order chi connectivity index (χ1) is 9.17. The van der Waals surface area contributed by atoms with Gasteiger partial charge in [0.05, 0.1) is 5.54 Å². The molecule has 0 radical (unpaired) electrons. The molecule has 0 saturated heterocycles. The van der Waals surface area contributed by atoms with E-state index in [9.17, 15) is 0 Å². The molecule has 0 unspecified atom stereocenters. The van der Waals surface area contributed by atoms with Crippen LogP contribution in [0.4, 0.5) is 0 Å². The summed E-state index contributed by atoms with van der Waals surface area (Å²) in [6.07, 6.45) is 4.50. The number of rotatable bonds is 4. The Bertz CT molecular complexity index is 581. The van der Waals surface area contributed by atoms with Gasteiger partial charge in [-0.2, -0.15) is 4.98 Å². The van der Waals surface area contributed by atoms with Gasteiger partial charge in [0.25, 0.3) is 0 Å². The largest absolute Gasteiger partial charge is 0.339 e. The van der Waals surface area contributed by atoms with Crippen LogP contribution >= 0.6 is 24.0 Å². The molecule has 1 aromatic carbocycles. The van der Waals surface area contributed by atoms with Crippen LogP contribution in [0.2, 0.25) is 5.02 Å². The van der Waals surface area contributed by atoms with Gasteiger partial charge in [0.1, 0.15) is 0 Å². The molecule has 2 aromatic rings. The van der Waals surface area contributed by atoms with Crippen LogP contribution in [0.1, 0.15) is 36.5 Å². The van der Waals surface area contributed by atoms with Crippen molar-refractivity contribution in [3.8, 4) is 0 Å². The van der Waals surface area contributed by atoms with Gasteiger partial charge in [-0.1, -0.05) is 35.0 Å². The minimum Gasteiger partial charge on any atom is -0.339 e. The van der Waals surface area contributed by atoms with Gasteiger partial charge in [-0.05, 0) is 37.3 Å². The number of benzene rings is 1. The van der Waals surface area contributed by atoms with E-state index in [4.69, 9.17) is 21.9 Å². The van der Waals surface area contributed by atoms with Crippen LogP contribution in [0.5, 0.6) is 0 Å². The zero-order valence-corrected chi connectivity index (χ0v) is 12.6. The normalized spacial score (nSPS) is 16.3. The lowest BCUT2D eigenvalue weighted by Gasteiger charge is -2.34. The first-order valence-electron chi connectivity index (χ1n) is 6.53. The third-order valence-electron chi connectivity index (χ3n) is 3.73. The van der Waals surface area contributed by atoms with E-state index in [0.717, 1.165) is 36.3 Å². The first-order valence-corrected chi connectivity index (χ1v) is 6.90. The summed E-state index contributed by atoms with van der Waals surface area (Å²) in [7, 11) is 0. The molecule has 0 amide bonds. The average molecular weight is 314 g/mol. The molecular formula is C14H17Cl2N3O. The van der Waals surface area contributed by atoms with Crippen molar-refractivity contribution in [2.24, 2.45) is 5.73 Å². The molecule has 3 rings (SSSR count). The number of aromatic nitrogens is 2. The lowest BCUT2D eigenvalue weighted by Crippen LogP contribution is -2.44. The van der Waals surface area contributed by atoms with Gasteiger partial charge in [0, 0.05) is 11.4 Å². The van der Waals surface area contributed by atoms with Gasteiger partial charge in [0.2, 0.25) is 5.89 Å². The van der Waals surface area contributed by atoms with Crippen molar-refractivity contribution in [2.45, 2.75) is 37.6 Å². The molecule has 1 heterocycles. The zero-order valence-electron chi connectivity index (χ0n) is 11.0. The molecule has 4 nitrogen and oxygen atoms in total. The monoisotopic (exact) mass is 313 g/mol. The average Bonchev–Trinajstić information content (AvgIpc) is 2.84. The van der Waals surface area contributed by atoms with Crippen LogP contribution in [0, 0.1) is 0 Å². The van der Waals surface area contributed by atoms with Crippen LogP contribution in [0.15, 0.2) is 28.8 Å². The number of hydrogen-bond donors (Lipinski definition) is 1. The lowest BCUT2D eigenvalue weighted by molar-refractivity contribution is 0.229. The SMILES string of the molecule is Cl.NC1(c2noc(CCc3ccccc3Cl)n2)CCC1. The van der Waals surface area contributed by atoms with Crippen molar-refractivity contribution in [1.82, 2.24) is 10.1 Å². The Labute approximate surface area is 129 Å². The molecule has 0 bridgehead atoms. The summed E-state index contributed by atoms with van der Waals surface area (Å²) in [6.45, 7) is 0. The van der Waals surface area contributed by atoms with E-state index in [1.807, 2.05) is 24.3 Å². The molecule has 6 heteroatoms. The van der Waals surface area contributed by atoms with E-state index >= 15 is 0 Å². The van der Waals surface area contributed by atoms with Crippen LogP contribution in [-0.4, -0.2) is 10.1 Å². The second-order valence-electron chi connectivity index (χ2n) is 5.11. The van der Waals surface area contributed by atoms with Gasteiger partial charge >= 0.3 is 0 Å². The van der Waals surface area contributed by atoms with E-state index in [2.05, 4.69) is 10.1 Å². The van der Waals surface area contributed by atoms with E-state index in [1.54, 1.807) is 0 Å². The minimum absolute atomic E-state index is 0. The molecule has 0 spiro atoms. The maximum absolute atomic E-state index is 6.16. The third kappa shape index (κ3) is 2.97. The predicted octanol–water partition coefficient (Wildman–Crippen LogP) is 3.27. The molecule has 1 fully saturated rings. The molecule has 1 aliphatic rings. The maximum Gasteiger partial charge on any atom is 0.227 e. The Kier molecular flexibility index (Phi) is 4.68. The fraction of sp³-hybridized carbons (Fsp3) is 0.429. The highest BCUT2D eigenvalue weighted by atomic mass is 35.5. The number of hydrogen-bond acceptors (Lipinski definition) is 4. The highest BCUT2D eigenvalue weighted by Crippen LogP contribution is 2.36. The van der Waals surface area contributed by atoms with E-state index < -0.39 is 0 Å². The summed E-state index contributed by atoms with van der Waals surface area (Å²) in [6, 6.07) is 7.80. The molecule has 1 aromatic heterocycles. The summed E-state index contributed by atoms with van der Waals surface area (Å²) in [5.74, 6) is 1.28. The topological polar surface area (TPSA) is 64.9 Å². The van der Waals surface area contributed by atoms with Gasteiger partial charge in [-0.15, -0.1) is 12.4 Å². The van der Waals surface area contributed by atoms with Crippen LogP contribution in [-0.2, 0) is 18.4 Å². The Hall–Kier alpha value is -1.10. The Balaban J connectivity index is 0.00000147. The van der Waals surface area contributed by atoms with Crippen molar-refractivity contribution in [3.63, 3.8) is 0 Å². The van der Waals surface area contributed by atoms with E-state index in [1.165, 1.54) is 0 Å². The summed E-state index contributed by atoms with van der Waals surface area (Å²) < 4.78 is 5.26. The Morgan fingerprint density at radius 3 is 2.65 bits per heavy atom. The maximum atomic E-state index is 6.16. The minimum atomic E-state index is -0.355. The van der Waals surface area contributed by atoms with Crippen molar-refractivity contribution in [3.05, 3.63) is 46.6 Å². The van der Waals surface area contributed by atoms with E-state index in [0.29, 0.717) is 18.1 Å². The molecular weight excluding hydrogens is 297 g/mol. The molecule has 0 aliphatic heterocycles. The van der Waals surface area contributed by atoms with Gasteiger partial charge in [0.15, 0.2) is 5.82 Å². The summed E-state index contributed by atoms with van der Waals surface area (Å²) in [4.78, 5) is 4.40. The van der Waals surface area contributed by atoms with Crippen molar-refractivity contribution >= 4 is 24.0 Å². The summed E-state index contributed by atoms with van der Waals surface area (Å²) in [5.41, 5.74) is 6.90. The predicted molar refractivity (Wildman–Crippen MR) is 80.1 cm³/mol. The number of aryl methyl sites for hydroxylation is 2. The molecule has 1 saturated carbocycles. The highest BCUT2D eigenvalue weighted by molar-refractivity contribution is 6.31. The fourth-order valence-electron chi connectivity index (χ4n) is 2.28. The van der Waals surface area contributed by atoms with Crippen molar-refractivity contribution in [2.75, 3.05) is 0 Å². The van der Waals surface area contributed by atoms with Crippen LogP contribution in [0.3, 0.4) is 0 Å². The van der Waals surface area contributed by atoms with E-state index in [-0.39, 0.29) is 17.9 Å². The highest BCUT2D eigenvalue weighted by Gasteiger charge is 2.38. The van der Waals surface area contributed by atoms with Gasteiger partial charge in [-0.25, -0.2) is 0 Å². The number of halogens is 2. The molecule has 108 valence electrons. The van der Waals surface area contributed by atoms with Crippen LogP contribution in [0.25, 0.3) is 0 Å². The second-order valence-corrected chi connectivity index (χ2v) is 5.52. The zero-order chi connectivity index (χ0) is 13.3. The van der Waals surface area contributed by atoms with Gasteiger partial charge < -0.3 is 10.3 Å². The Morgan fingerprint density at radius 1 is 1.25 bits per heavy atom. The number of nitrogens with two attached hydrogens (primary N) is 1. The molecule has 0 atom stereocenters. The standard InChI is InChI=1S/C14H16ClN3O.ClH/c15-11-5-2-1-4-10(11)6-7-12-17-13(18-19-12)14(16)8-3-9-14;/h1-2,4-5H,3,6-9,16H2;1H. The first kappa shape index (κ1) is 15.3.